The Hall–Kier alpha value is -4.27. The van der Waals surface area contributed by atoms with Crippen molar-refractivity contribution in [3.63, 3.8) is 0 Å². The van der Waals surface area contributed by atoms with Crippen LogP contribution in [-0.2, 0) is 19.1 Å². The average Bonchev–Trinajstić information content (AvgIpc) is 2.85. The molecule has 2 aliphatic rings. The van der Waals surface area contributed by atoms with Gasteiger partial charge in [0, 0.05) is 5.69 Å². The van der Waals surface area contributed by atoms with E-state index in [1.807, 2.05) is 25.1 Å². The van der Waals surface area contributed by atoms with E-state index in [0.29, 0.717) is 5.69 Å². The fourth-order valence-electron chi connectivity index (χ4n) is 4.19. The Balaban J connectivity index is 1.36. The number of hydrogen-bond acceptors (Lipinski definition) is 6. The van der Waals surface area contributed by atoms with Crippen molar-refractivity contribution in [2.24, 2.45) is 11.0 Å². The summed E-state index contributed by atoms with van der Waals surface area (Å²) in [5, 5.41) is 8.94. The lowest BCUT2D eigenvalue weighted by molar-refractivity contribution is -0.136. The van der Waals surface area contributed by atoms with Crippen molar-refractivity contribution in [1.82, 2.24) is 5.43 Å². The summed E-state index contributed by atoms with van der Waals surface area (Å²) < 4.78 is 5.63. The van der Waals surface area contributed by atoms with Crippen molar-refractivity contribution >= 4 is 41.1 Å². The highest BCUT2D eigenvalue weighted by Gasteiger charge is 2.36. The molecule has 9 heteroatoms. The molecular formula is C26H26N4O5. The second-order valence-electron chi connectivity index (χ2n) is 8.53. The summed E-state index contributed by atoms with van der Waals surface area (Å²) >= 11 is 0. The van der Waals surface area contributed by atoms with E-state index in [1.54, 1.807) is 18.2 Å². The van der Waals surface area contributed by atoms with Crippen LogP contribution in [0.3, 0.4) is 0 Å². The summed E-state index contributed by atoms with van der Waals surface area (Å²) in [4.78, 5) is 50.0. The van der Waals surface area contributed by atoms with Gasteiger partial charge in [0.25, 0.3) is 5.91 Å². The minimum absolute atomic E-state index is 0.0723. The second kappa shape index (κ2) is 10.8. The molecule has 2 aromatic carbocycles. The van der Waals surface area contributed by atoms with E-state index in [-0.39, 0.29) is 34.6 Å². The first-order chi connectivity index (χ1) is 16.9. The van der Waals surface area contributed by atoms with Crippen LogP contribution < -0.4 is 16.1 Å². The van der Waals surface area contributed by atoms with E-state index in [9.17, 15) is 19.2 Å². The van der Waals surface area contributed by atoms with Gasteiger partial charge >= 0.3 is 11.8 Å². The molecule has 180 valence electrons. The molecule has 9 nitrogen and oxygen atoms in total. The third-order valence-electron chi connectivity index (χ3n) is 5.97. The van der Waals surface area contributed by atoms with E-state index in [1.165, 1.54) is 24.6 Å². The molecule has 0 saturated heterocycles. The smallest absolute Gasteiger partial charge is 0.329 e. The number of allylic oxidation sites excluding steroid dienone is 1. The quantitative estimate of drug-likeness (QED) is 0.348. The molecule has 0 radical (unpaired) electrons. The molecule has 2 aromatic rings. The predicted octanol–water partition coefficient (Wildman–Crippen LogP) is 3.33. The zero-order chi connectivity index (χ0) is 24.8. The van der Waals surface area contributed by atoms with Crippen LogP contribution in [0.1, 0.15) is 41.6 Å². The fourth-order valence-corrected chi connectivity index (χ4v) is 4.19. The predicted molar refractivity (Wildman–Crippen MR) is 131 cm³/mol. The number of para-hydroxylation sites is 1. The number of rotatable bonds is 5. The van der Waals surface area contributed by atoms with Crippen molar-refractivity contribution < 1.29 is 23.9 Å². The number of hydrogen-bond donors (Lipinski definition) is 3. The average molecular weight is 475 g/mol. The molecule has 35 heavy (non-hydrogen) atoms. The molecule has 0 bridgehead atoms. The van der Waals surface area contributed by atoms with Crippen LogP contribution in [0.5, 0.6) is 0 Å². The van der Waals surface area contributed by atoms with Gasteiger partial charge in [0.2, 0.25) is 0 Å². The van der Waals surface area contributed by atoms with Crippen LogP contribution >= 0.6 is 0 Å². The van der Waals surface area contributed by atoms with E-state index in [0.717, 1.165) is 31.2 Å². The molecule has 1 saturated carbocycles. The number of fused-ring (bicyclic) bond motifs is 1. The topological polar surface area (TPSA) is 126 Å². The number of carbonyl (C=O) groups excluding carboxylic acids is 4. The summed E-state index contributed by atoms with van der Waals surface area (Å²) in [6, 6.07) is 13.6. The number of hydrazone groups is 1. The summed E-state index contributed by atoms with van der Waals surface area (Å²) in [6.45, 7) is 1.91. The van der Waals surface area contributed by atoms with Crippen LogP contribution in [0.4, 0.5) is 11.4 Å². The Morgan fingerprint density at radius 2 is 1.80 bits per heavy atom. The summed E-state index contributed by atoms with van der Waals surface area (Å²) in [7, 11) is 0. The van der Waals surface area contributed by atoms with Crippen LogP contribution in [0, 0.1) is 12.8 Å². The third-order valence-corrected chi connectivity index (χ3v) is 5.97. The number of carbonyl (C=O) groups is 4. The second-order valence-corrected chi connectivity index (χ2v) is 8.53. The Morgan fingerprint density at radius 1 is 1.00 bits per heavy atom. The lowest BCUT2D eigenvalue weighted by Gasteiger charge is -2.33. The van der Waals surface area contributed by atoms with Crippen LogP contribution in [0.25, 0.3) is 0 Å². The number of amides is 3. The summed E-state index contributed by atoms with van der Waals surface area (Å²) in [5.41, 5.74) is 4.30. The molecule has 2 unspecified atom stereocenters. The normalized spacial score (nSPS) is 19.2. The molecule has 1 heterocycles. The van der Waals surface area contributed by atoms with Gasteiger partial charge in [-0.3, -0.25) is 19.2 Å². The molecule has 3 amide bonds. The molecule has 1 aliphatic carbocycles. The fraction of sp³-hybridized carbons (Fsp3) is 0.269. The highest BCUT2D eigenvalue weighted by molar-refractivity contribution is 6.40. The van der Waals surface area contributed by atoms with Crippen LogP contribution in [-0.4, -0.2) is 35.8 Å². The largest absolute Gasteiger partial charge is 0.496 e. The van der Waals surface area contributed by atoms with Crippen molar-refractivity contribution in [3.05, 3.63) is 71.5 Å². The van der Waals surface area contributed by atoms with Gasteiger partial charge in [0.05, 0.1) is 35.2 Å². The molecule has 2 atom stereocenters. The Morgan fingerprint density at radius 3 is 2.63 bits per heavy atom. The lowest BCUT2D eigenvalue weighted by Crippen LogP contribution is -2.37. The van der Waals surface area contributed by atoms with Gasteiger partial charge in [-0.05, 0) is 56.0 Å². The zero-order valence-corrected chi connectivity index (χ0v) is 19.2. The zero-order valence-electron chi connectivity index (χ0n) is 19.2. The maximum atomic E-state index is 12.7. The molecule has 1 aliphatic heterocycles. The molecule has 3 N–H and O–H groups in total. The summed E-state index contributed by atoms with van der Waals surface area (Å²) in [5.74, 6) is -2.76. The lowest BCUT2D eigenvalue weighted by atomic mass is 9.80. The van der Waals surface area contributed by atoms with Crippen LogP contribution in [0.15, 0.2) is 65.5 Å². The Kier molecular flexibility index (Phi) is 7.35. The first kappa shape index (κ1) is 23.9. The molecule has 1 fully saturated rings. The van der Waals surface area contributed by atoms with E-state index >= 15 is 0 Å². The van der Waals surface area contributed by atoms with E-state index in [4.69, 9.17) is 4.74 Å². The minimum atomic E-state index is -1.05. The maximum absolute atomic E-state index is 12.7. The van der Waals surface area contributed by atoms with Gasteiger partial charge in [-0.25, -0.2) is 5.43 Å². The van der Waals surface area contributed by atoms with Crippen LogP contribution in [0.2, 0.25) is 0 Å². The van der Waals surface area contributed by atoms with E-state index in [2.05, 4.69) is 21.2 Å². The highest BCUT2D eigenvalue weighted by Crippen LogP contribution is 2.32. The van der Waals surface area contributed by atoms with Crippen molar-refractivity contribution in [2.45, 2.75) is 38.7 Å². The van der Waals surface area contributed by atoms with Gasteiger partial charge in [-0.2, -0.15) is 5.10 Å². The standard InChI is InChI=1S/C26H26N4O5/c1-16-7-6-8-18(13-16)28-24(32)19-9-2-4-11-21(19)29-25(33)26(34)30-27-14-17-15-35-22-12-5-3-10-20(22)23(17)31/h2,4,6-9,11,13-15,20,22H,3,5,10,12H2,1H3,(H,28,32)(H,29,33)(H,30,34)/b27-14+. The van der Waals surface area contributed by atoms with Gasteiger partial charge < -0.3 is 15.4 Å². The number of anilines is 2. The highest BCUT2D eigenvalue weighted by atomic mass is 16.5. The third kappa shape index (κ3) is 5.81. The van der Waals surface area contributed by atoms with Gasteiger partial charge in [-0.1, -0.05) is 30.7 Å². The Labute approximate surface area is 202 Å². The SMILES string of the molecule is Cc1cccc(NC(=O)c2ccccc2NC(=O)C(=O)N/N=C/C2=COC3CCCCC3C2=O)c1. The molecular weight excluding hydrogens is 448 g/mol. The minimum Gasteiger partial charge on any atom is -0.496 e. The summed E-state index contributed by atoms with van der Waals surface area (Å²) in [6.07, 6.45) is 6.06. The maximum Gasteiger partial charge on any atom is 0.329 e. The number of ether oxygens (including phenoxy) is 1. The van der Waals surface area contributed by atoms with Gasteiger partial charge in [0.1, 0.15) is 6.10 Å². The van der Waals surface area contributed by atoms with Crippen molar-refractivity contribution in [1.29, 1.82) is 0 Å². The van der Waals surface area contributed by atoms with Gasteiger partial charge in [0.15, 0.2) is 5.78 Å². The first-order valence-electron chi connectivity index (χ1n) is 11.4. The number of aryl methyl sites for hydroxylation is 1. The molecule has 4 rings (SSSR count). The molecule has 0 aromatic heterocycles. The van der Waals surface area contributed by atoms with Gasteiger partial charge in [-0.15, -0.1) is 0 Å². The number of benzene rings is 2. The van der Waals surface area contributed by atoms with E-state index < -0.39 is 17.7 Å². The van der Waals surface area contributed by atoms with Crippen molar-refractivity contribution in [3.8, 4) is 0 Å². The monoisotopic (exact) mass is 474 g/mol. The Bertz CT molecular complexity index is 1220. The first-order valence-corrected chi connectivity index (χ1v) is 11.4. The number of nitrogens with one attached hydrogen (secondary N) is 3. The van der Waals surface area contributed by atoms with Crippen molar-refractivity contribution in [2.75, 3.05) is 10.6 Å². The molecule has 0 spiro atoms. The number of Topliss-reactive ketones (excluding diaryl/α,β-unsaturated/α-hetero) is 1. The number of ketones is 1. The number of nitrogens with zero attached hydrogens (tertiary/aromatic N) is 1.